The molecule has 1 saturated carbocycles. The van der Waals surface area contributed by atoms with Gasteiger partial charge in [-0.15, -0.1) is 0 Å². The zero-order valence-corrected chi connectivity index (χ0v) is 13.2. The van der Waals surface area contributed by atoms with Crippen molar-refractivity contribution in [3.05, 3.63) is 28.8 Å². The highest BCUT2D eigenvalue weighted by atomic mass is 35.5. The second kappa shape index (κ2) is 6.37. The molecule has 2 fully saturated rings. The van der Waals surface area contributed by atoms with E-state index in [4.69, 9.17) is 11.6 Å². The molecule has 3 nitrogen and oxygen atoms in total. The van der Waals surface area contributed by atoms with Gasteiger partial charge >= 0.3 is 0 Å². The number of halogens is 1. The van der Waals surface area contributed by atoms with E-state index in [0.29, 0.717) is 16.8 Å². The number of carbonyl (C=O) groups excluding carboxylic acids is 1. The Morgan fingerprint density at radius 2 is 2.05 bits per heavy atom. The van der Waals surface area contributed by atoms with Gasteiger partial charge in [0.25, 0.3) is 0 Å². The van der Waals surface area contributed by atoms with E-state index in [2.05, 4.69) is 10.6 Å². The van der Waals surface area contributed by atoms with Crippen LogP contribution in [0.25, 0.3) is 0 Å². The molecule has 1 aliphatic heterocycles. The summed E-state index contributed by atoms with van der Waals surface area (Å²) in [5, 5.41) is 7.13. The maximum Gasteiger partial charge on any atom is 0.241 e. The van der Waals surface area contributed by atoms with Crippen LogP contribution in [0.3, 0.4) is 0 Å². The molecule has 1 aliphatic carbocycles. The van der Waals surface area contributed by atoms with Crippen molar-refractivity contribution in [2.45, 2.75) is 57.5 Å². The molecule has 114 valence electrons. The lowest BCUT2D eigenvalue weighted by atomic mass is 9.77. The summed E-state index contributed by atoms with van der Waals surface area (Å²) in [6, 6.07) is 6.16. The molecule has 4 heteroatoms. The average Bonchev–Trinajstić information content (AvgIpc) is 2.49. The van der Waals surface area contributed by atoms with Crippen molar-refractivity contribution in [1.29, 1.82) is 0 Å². The summed E-state index contributed by atoms with van der Waals surface area (Å²) in [4.78, 5) is 12.4. The Kier molecular flexibility index (Phi) is 4.51. The summed E-state index contributed by atoms with van der Waals surface area (Å²) in [7, 11) is 0. The quantitative estimate of drug-likeness (QED) is 0.870. The van der Waals surface area contributed by atoms with Gasteiger partial charge in [0.1, 0.15) is 0 Å². The van der Waals surface area contributed by atoms with Crippen LogP contribution in [0.4, 0.5) is 5.69 Å². The van der Waals surface area contributed by atoms with E-state index in [1.807, 2.05) is 25.1 Å². The number of amides is 1. The van der Waals surface area contributed by atoms with Crippen LogP contribution in [0.1, 0.15) is 44.1 Å². The van der Waals surface area contributed by atoms with Gasteiger partial charge in [0.05, 0.1) is 16.8 Å². The maximum atomic E-state index is 12.4. The number of hydrogen-bond acceptors (Lipinski definition) is 2. The number of anilines is 1. The Morgan fingerprint density at radius 3 is 2.86 bits per heavy atom. The third kappa shape index (κ3) is 3.41. The fourth-order valence-corrected chi connectivity index (χ4v) is 3.93. The van der Waals surface area contributed by atoms with E-state index < -0.39 is 0 Å². The molecule has 3 atom stereocenters. The van der Waals surface area contributed by atoms with Gasteiger partial charge < -0.3 is 10.6 Å². The Balaban J connectivity index is 1.63. The summed E-state index contributed by atoms with van der Waals surface area (Å²) in [5.74, 6) is 0.815. The van der Waals surface area contributed by atoms with Crippen LogP contribution in [-0.2, 0) is 4.79 Å². The normalized spacial score (nSPS) is 28.8. The second-order valence-corrected chi connectivity index (χ2v) is 6.83. The number of nitrogens with one attached hydrogen (secondary N) is 2. The fraction of sp³-hybridized carbons (Fsp3) is 0.588. The molecule has 3 rings (SSSR count). The minimum Gasteiger partial charge on any atom is -0.323 e. The van der Waals surface area contributed by atoms with Crippen molar-refractivity contribution >= 4 is 23.2 Å². The molecule has 1 saturated heterocycles. The van der Waals surface area contributed by atoms with Gasteiger partial charge in [-0.2, -0.15) is 0 Å². The van der Waals surface area contributed by atoms with Crippen molar-refractivity contribution in [2.24, 2.45) is 5.92 Å². The predicted molar refractivity (Wildman–Crippen MR) is 86.7 cm³/mol. The molecule has 21 heavy (non-hydrogen) atoms. The minimum absolute atomic E-state index is 0.0461. The van der Waals surface area contributed by atoms with E-state index in [1.165, 1.54) is 25.7 Å². The van der Waals surface area contributed by atoms with Gasteiger partial charge in [-0.05, 0) is 56.2 Å². The molecule has 1 aromatic carbocycles. The van der Waals surface area contributed by atoms with Crippen LogP contribution in [0.2, 0.25) is 5.02 Å². The van der Waals surface area contributed by atoms with Crippen molar-refractivity contribution in [1.82, 2.24) is 5.32 Å². The standard InChI is InChI=1S/C17H23ClN2O/c1-11-6-8-15(13(18)10-11)20-17(21)16-9-7-12-4-2-3-5-14(12)19-16/h6,8,10,12,14,16,19H,2-5,7,9H2,1H3,(H,20,21). The van der Waals surface area contributed by atoms with Crippen molar-refractivity contribution < 1.29 is 4.79 Å². The zero-order valence-electron chi connectivity index (χ0n) is 12.5. The predicted octanol–water partition coefficient (Wildman–Crippen LogP) is 3.90. The largest absolute Gasteiger partial charge is 0.323 e. The Labute approximate surface area is 131 Å². The maximum absolute atomic E-state index is 12.4. The summed E-state index contributed by atoms with van der Waals surface area (Å²) < 4.78 is 0. The summed E-state index contributed by atoms with van der Waals surface area (Å²) in [6.45, 7) is 1.99. The van der Waals surface area contributed by atoms with Gasteiger partial charge in [-0.1, -0.05) is 30.5 Å². The Morgan fingerprint density at radius 1 is 1.24 bits per heavy atom. The van der Waals surface area contributed by atoms with Gasteiger partial charge in [0.2, 0.25) is 5.91 Å². The molecule has 0 bridgehead atoms. The van der Waals surface area contributed by atoms with E-state index in [0.717, 1.165) is 24.3 Å². The number of piperidine rings is 1. The molecule has 0 aromatic heterocycles. The lowest BCUT2D eigenvalue weighted by Crippen LogP contribution is -2.53. The molecular formula is C17H23ClN2O. The highest BCUT2D eigenvalue weighted by molar-refractivity contribution is 6.33. The average molecular weight is 307 g/mol. The first-order valence-corrected chi connectivity index (χ1v) is 8.34. The number of hydrogen-bond donors (Lipinski definition) is 2. The van der Waals surface area contributed by atoms with Crippen molar-refractivity contribution in [3.63, 3.8) is 0 Å². The number of benzene rings is 1. The van der Waals surface area contributed by atoms with Crippen LogP contribution < -0.4 is 10.6 Å². The molecule has 1 amide bonds. The van der Waals surface area contributed by atoms with E-state index in [9.17, 15) is 4.79 Å². The summed E-state index contributed by atoms with van der Waals surface area (Å²) >= 11 is 6.19. The highest BCUT2D eigenvalue weighted by Gasteiger charge is 2.34. The first-order chi connectivity index (χ1) is 10.1. The van der Waals surface area contributed by atoms with Crippen molar-refractivity contribution in [2.75, 3.05) is 5.32 Å². The van der Waals surface area contributed by atoms with Gasteiger partial charge in [-0.3, -0.25) is 4.79 Å². The van der Waals surface area contributed by atoms with Crippen LogP contribution in [0.5, 0.6) is 0 Å². The lowest BCUT2D eigenvalue weighted by molar-refractivity contribution is -0.119. The topological polar surface area (TPSA) is 41.1 Å². The van der Waals surface area contributed by atoms with Crippen LogP contribution in [0.15, 0.2) is 18.2 Å². The molecule has 1 heterocycles. The smallest absolute Gasteiger partial charge is 0.241 e. The molecule has 0 spiro atoms. The second-order valence-electron chi connectivity index (χ2n) is 6.42. The number of carbonyl (C=O) groups is 1. The lowest BCUT2D eigenvalue weighted by Gasteiger charge is -2.39. The first kappa shape index (κ1) is 14.9. The summed E-state index contributed by atoms with van der Waals surface area (Å²) in [5.41, 5.74) is 1.80. The monoisotopic (exact) mass is 306 g/mol. The van der Waals surface area contributed by atoms with Crippen LogP contribution >= 0.6 is 11.6 Å². The molecule has 3 unspecified atom stereocenters. The third-order valence-corrected chi connectivity index (χ3v) is 5.16. The van der Waals surface area contributed by atoms with E-state index >= 15 is 0 Å². The number of rotatable bonds is 2. The minimum atomic E-state index is -0.0817. The highest BCUT2D eigenvalue weighted by Crippen LogP contribution is 2.32. The van der Waals surface area contributed by atoms with Gasteiger partial charge in [-0.25, -0.2) is 0 Å². The Hall–Kier alpha value is -1.06. The van der Waals surface area contributed by atoms with Crippen LogP contribution in [-0.4, -0.2) is 18.0 Å². The molecule has 2 aliphatic rings. The third-order valence-electron chi connectivity index (χ3n) is 4.85. The Bertz CT molecular complexity index is 532. The summed E-state index contributed by atoms with van der Waals surface area (Å²) in [6.07, 6.45) is 7.24. The zero-order chi connectivity index (χ0) is 14.8. The van der Waals surface area contributed by atoms with Crippen LogP contribution in [0, 0.1) is 12.8 Å². The van der Waals surface area contributed by atoms with Gasteiger partial charge in [0.15, 0.2) is 0 Å². The van der Waals surface area contributed by atoms with Crippen molar-refractivity contribution in [3.8, 4) is 0 Å². The fourth-order valence-electron chi connectivity index (χ4n) is 3.64. The van der Waals surface area contributed by atoms with Gasteiger partial charge in [0, 0.05) is 6.04 Å². The molecule has 1 aromatic rings. The SMILES string of the molecule is Cc1ccc(NC(=O)C2CCC3CCCCC3N2)c(Cl)c1. The number of aryl methyl sites for hydroxylation is 1. The first-order valence-electron chi connectivity index (χ1n) is 7.96. The molecular weight excluding hydrogens is 284 g/mol. The molecule has 2 N–H and O–H groups in total. The van der Waals surface area contributed by atoms with E-state index in [-0.39, 0.29) is 11.9 Å². The molecule has 0 radical (unpaired) electrons. The van der Waals surface area contributed by atoms with E-state index in [1.54, 1.807) is 0 Å². The number of fused-ring (bicyclic) bond motifs is 1.